The van der Waals surface area contributed by atoms with Gasteiger partial charge in [0.05, 0.1) is 0 Å². The Morgan fingerprint density at radius 3 is 2.95 bits per heavy atom. The summed E-state index contributed by atoms with van der Waals surface area (Å²) in [4.78, 5) is 15.7. The van der Waals surface area contributed by atoms with Gasteiger partial charge in [0, 0.05) is 39.7 Å². The molecular formula is C16H17ClN2OS2. The number of rotatable bonds is 2. The van der Waals surface area contributed by atoms with E-state index in [1.807, 2.05) is 28.8 Å². The highest BCUT2D eigenvalue weighted by Gasteiger charge is 2.22. The van der Waals surface area contributed by atoms with Gasteiger partial charge in [0.2, 0.25) is 0 Å². The van der Waals surface area contributed by atoms with Crippen molar-refractivity contribution in [3.63, 3.8) is 0 Å². The first kappa shape index (κ1) is 15.7. The molecule has 3 rings (SSSR count). The molecule has 0 radical (unpaired) electrons. The Kier molecular flexibility index (Phi) is 5.28. The highest BCUT2D eigenvalue weighted by molar-refractivity contribution is 7.99. The van der Waals surface area contributed by atoms with Crippen molar-refractivity contribution >= 4 is 46.4 Å². The fourth-order valence-electron chi connectivity index (χ4n) is 2.44. The quantitative estimate of drug-likeness (QED) is 0.814. The third-order valence-corrected chi connectivity index (χ3v) is 6.25. The summed E-state index contributed by atoms with van der Waals surface area (Å²) in [7, 11) is 0. The lowest BCUT2D eigenvalue weighted by atomic mass is 10.2. The van der Waals surface area contributed by atoms with Crippen molar-refractivity contribution in [2.45, 2.75) is 11.7 Å². The number of amides is 2. The van der Waals surface area contributed by atoms with Crippen LogP contribution in [0.5, 0.6) is 0 Å². The minimum Gasteiger partial charge on any atom is -0.324 e. The van der Waals surface area contributed by atoms with Gasteiger partial charge >= 0.3 is 6.03 Å². The molecule has 3 nitrogen and oxygen atoms in total. The average Bonchev–Trinajstić information content (AvgIpc) is 2.92. The van der Waals surface area contributed by atoms with Gasteiger partial charge in [-0.05, 0) is 36.1 Å². The SMILES string of the molecule is O=C(Nc1cccc(Cl)c1)N1CCSC(c2cccs2)CC1. The van der Waals surface area contributed by atoms with Gasteiger partial charge in [0.25, 0.3) is 0 Å². The molecule has 0 spiro atoms. The summed E-state index contributed by atoms with van der Waals surface area (Å²) >= 11 is 9.69. The molecular weight excluding hydrogens is 336 g/mol. The normalized spacial score (nSPS) is 18.8. The smallest absolute Gasteiger partial charge is 0.321 e. The molecule has 1 fully saturated rings. The molecule has 1 aliphatic heterocycles. The molecule has 1 aromatic heterocycles. The molecule has 0 saturated carbocycles. The molecule has 1 atom stereocenters. The first-order valence-corrected chi connectivity index (χ1v) is 9.49. The van der Waals surface area contributed by atoms with E-state index in [0.29, 0.717) is 10.3 Å². The monoisotopic (exact) mass is 352 g/mol. The van der Waals surface area contributed by atoms with E-state index >= 15 is 0 Å². The number of urea groups is 1. The second-order valence-corrected chi connectivity index (χ2v) is 7.82. The van der Waals surface area contributed by atoms with Crippen molar-refractivity contribution < 1.29 is 4.79 Å². The van der Waals surface area contributed by atoms with Crippen LogP contribution in [0.4, 0.5) is 10.5 Å². The van der Waals surface area contributed by atoms with Crippen LogP contribution in [0.1, 0.15) is 16.5 Å². The third-order valence-electron chi connectivity index (χ3n) is 3.57. The largest absolute Gasteiger partial charge is 0.324 e. The molecule has 1 aliphatic rings. The first-order valence-electron chi connectivity index (χ1n) is 7.19. The standard InChI is InChI=1S/C16H17ClN2OS2/c17-12-3-1-4-13(11-12)18-16(20)19-7-6-15(22-10-8-19)14-5-2-9-21-14/h1-5,9,11,15H,6-8,10H2,(H,18,20). The van der Waals surface area contributed by atoms with E-state index in [1.54, 1.807) is 23.5 Å². The van der Waals surface area contributed by atoms with Crippen LogP contribution in [0.3, 0.4) is 0 Å². The molecule has 2 aromatic rings. The van der Waals surface area contributed by atoms with Gasteiger partial charge in [-0.3, -0.25) is 0 Å². The highest BCUT2D eigenvalue weighted by atomic mass is 35.5. The number of nitrogens with zero attached hydrogens (tertiary/aromatic N) is 1. The van der Waals surface area contributed by atoms with Crippen LogP contribution < -0.4 is 5.32 Å². The second kappa shape index (κ2) is 7.40. The summed E-state index contributed by atoms with van der Waals surface area (Å²) in [6.45, 7) is 1.56. The van der Waals surface area contributed by atoms with Gasteiger partial charge in [0.1, 0.15) is 0 Å². The molecule has 22 heavy (non-hydrogen) atoms. The van der Waals surface area contributed by atoms with Crippen LogP contribution in [-0.2, 0) is 0 Å². The summed E-state index contributed by atoms with van der Waals surface area (Å²) in [6.07, 6.45) is 0.994. The Morgan fingerprint density at radius 2 is 2.18 bits per heavy atom. The molecule has 1 unspecified atom stereocenters. The van der Waals surface area contributed by atoms with Crippen molar-refractivity contribution in [3.05, 3.63) is 51.7 Å². The van der Waals surface area contributed by atoms with Crippen molar-refractivity contribution in [1.29, 1.82) is 0 Å². The number of hydrogen-bond donors (Lipinski definition) is 1. The lowest BCUT2D eigenvalue weighted by molar-refractivity contribution is 0.215. The zero-order valence-corrected chi connectivity index (χ0v) is 14.4. The van der Waals surface area contributed by atoms with Crippen molar-refractivity contribution in [3.8, 4) is 0 Å². The number of thioether (sulfide) groups is 1. The van der Waals surface area contributed by atoms with E-state index in [0.717, 1.165) is 31.0 Å². The number of halogens is 1. The molecule has 1 N–H and O–H groups in total. The summed E-state index contributed by atoms with van der Waals surface area (Å²) in [5.74, 6) is 0.964. The predicted octanol–water partition coefficient (Wildman–Crippen LogP) is 5.11. The van der Waals surface area contributed by atoms with E-state index < -0.39 is 0 Å². The van der Waals surface area contributed by atoms with E-state index in [2.05, 4.69) is 22.8 Å². The van der Waals surface area contributed by atoms with Gasteiger partial charge in [-0.2, -0.15) is 11.8 Å². The summed E-state index contributed by atoms with van der Waals surface area (Å²) in [5, 5.41) is 6.17. The number of hydrogen-bond acceptors (Lipinski definition) is 3. The number of thiophene rings is 1. The Hall–Kier alpha value is -1.17. The fourth-order valence-corrected chi connectivity index (χ4v) is 4.87. The van der Waals surface area contributed by atoms with Gasteiger partial charge < -0.3 is 10.2 Å². The maximum atomic E-state index is 12.4. The average molecular weight is 353 g/mol. The zero-order chi connectivity index (χ0) is 15.4. The van der Waals surface area contributed by atoms with E-state index in [-0.39, 0.29) is 6.03 Å². The Morgan fingerprint density at radius 1 is 1.27 bits per heavy atom. The molecule has 116 valence electrons. The lowest BCUT2D eigenvalue weighted by Crippen LogP contribution is -2.36. The van der Waals surface area contributed by atoms with Crippen molar-refractivity contribution in [2.75, 3.05) is 24.2 Å². The maximum absolute atomic E-state index is 12.4. The predicted molar refractivity (Wildman–Crippen MR) is 96.2 cm³/mol. The Labute approximate surface area is 143 Å². The molecule has 1 saturated heterocycles. The number of anilines is 1. The second-order valence-electron chi connectivity index (χ2n) is 5.09. The maximum Gasteiger partial charge on any atom is 0.321 e. The molecule has 2 amide bonds. The van der Waals surface area contributed by atoms with E-state index in [4.69, 9.17) is 11.6 Å². The van der Waals surface area contributed by atoms with E-state index in [9.17, 15) is 4.79 Å². The lowest BCUT2D eigenvalue weighted by Gasteiger charge is -2.20. The topological polar surface area (TPSA) is 32.3 Å². The Balaban J connectivity index is 1.59. The highest BCUT2D eigenvalue weighted by Crippen LogP contribution is 2.36. The van der Waals surface area contributed by atoms with Gasteiger partial charge in [-0.1, -0.05) is 23.7 Å². The molecule has 6 heteroatoms. The van der Waals surface area contributed by atoms with Gasteiger partial charge in [-0.25, -0.2) is 4.79 Å². The molecule has 1 aromatic carbocycles. The molecule has 0 aliphatic carbocycles. The molecule has 2 heterocycles. The summed E-state index contributed by atoms with van der Waals surface area (Å²) in [6, 6.07) is 11.5. The first-order chi connectivity index (χ1) is 10.7. The molecule has 0 bridgehead atoms. The van der Waals surface area contributed by atoms with Gasteiger partial charge in [-0.15, -0.1) is 11.3 Å². The number of nitrogens with one attached hydrogen (secondary N) is 1. The number of carbonyl (C=O) groups is 1. The number of carbonyl (C=O) groups excluding carboxylic acids is 1. The van der Waals surface area contributed by atoms with E-state index in [1.165, 1.54) is 4.88 Å². The van der Waals surface area contributed by atoms with Crippen LogP contribution in [0.15, 0.2) is 41.8 Å². The van der Waals surface area contributed by atoms with Gasteiger partial charge in [0.15, 0.2) is 0 Å². The summed E-state index contributed by atoms with van der Waals surface area (Å²) in [5.41, 5.74) is 0.740. The fraction of sp³-hybridized carbons (Fsp3) is 0.312. The zero-order valence-electron chi connectivity index (χ0n) is 12.0. The summed E-state index contributed by atoms with van der Waals surface area (Å²) < 4.78 is 0. The minimum atomic E-state index is -0.0466. The van der Waals surface area contributed by atoms with Crippen molar-refractivity contribution in [1.82, 2.24) is 4.90 Å². The van der Waals surface area contributed by atoms with Crippen molar-refractivity contribution in [2.24, 2.45) is 0 Å². The minimum absolute atomic E-state index is 0.0466. The van der Waals surface area contributed by atoms with Crippen LogP contribution in [0.2, 0.25) is 5.02 Å². The Bertz CT molecular complexity index is 633. The van der Waals surface area contributed by atoms with Crippen LogP contribution in [-0.4, -0.2) is 29.8 Å². The van der Waals surface area contributed by atoms with Crippen LogP contribution in [0, 0.1) is 0 Å². The number of benzene rings is 1. The van der Waals surface area contributed by atoms with Crippen LogP contribution >= 0.6 is 34.7 Å². The third kappa shape index (κ3) is 3.97. The van der Waals surface area contributed by atoms with Crippen LogP contribution in [0.25, 0.3) is 0 Å².